The van der Waals surface area contributed by atoms with Crippen molar-refractivity contribution in [2.24, 2.45) is 0 Å². The molecule has 0 spiro atoms. The predicted molar refractivity (Wildman–Crippen MR) is 110 cm³/mol. The van der Waals surface area contributed by atoms with Crippen molar-refractivity contribution in [3.63, 3.8) is 0 Å². The minimum Gasteiger partial charge on any atom is -0.425 e. The molecule has 1 fully saturated rings. The zero-order chi connectivity index (χ0) is 19.9. The van der Waals surface area contributed by atoms with Gasteiger partial charge < -0.3 is 9.73 Å². The van der Waals surface area contributed by atoms with Gasteiger partial charge in [0.2, 0.25) is 17.7 Å². The lowest BCUT2D eigenvalue weighted by atomic mass is 9.97. The standard InChI is InChI=1S/C22H32N4O2/c1-4-5-6-17-7-9-19(10-8-17)23-20(27)15-26-13-11-18(12-14-26)22-25-24-21(28-22)16(2)3/h7-10,16,18H,4-6,11-15H2,1-3H3,(H,23,27). The smallest absolute Gasteiger partial charge is 0.238 e. The van der Waals surface area contributed by atoms with E-state index < -0.39 is 0 Å². The van der Waals surface area contributed by atoms with Gasteiger partial charge in [-0.3, -0.25) is 9.69 Å². The number of amides is 1. The van der Waals surface area contributed by atoms with Gasteiger partial charge in [0.25, 0.3) is 0 Å². The topological polar surface area (TPSA) is 71.3 Å². The molecule has 0 unspecified atom stereocenters. The van der Waals surface area contributed by atoms with Crippen molar-refractivity contribution < 1.29 is 9.21 Å². The Balaban J connectivity index is 1.43. The van der Waals surface area contributed by atoms with Crippen LogP contribution in [0.2, 0.25) is 0 Å². The van der Waals surface area contributed by atoms with Crippen LogP contribution in [-0.4, -0.2) is 40.6 Å². The maximum atomic E-state index is 12.4. The summed E-state index contributed by atoms with van der Waals surface area (Å²) in [5.74, 6) is 2.05. The predicted octanol–water partition coefficient (Wildman–Crippen LogP) is 4.35. The van der Waals surface area contributed by atoms with Crippen molar-refractivity contribution in [2.45, 2.75) is 64.7 Å². The summed E-state index contributed by atoms with van der Waals surface area (Å²) < 4.78 is 5.79. The Morgan fingerprint density at radius 2 is 1.93 bits per heavy atom. The molecule has 0 bridgehead atoms. The lowest BCUT2D eigenvalue weighted by Crippen LogP contribution is -2.38. The van der Waals surface area contributed by atoms with Gasteiger partial charge in [0.1, 0.15) is 0 Å². The monoisotopic (exact) mass is 384 g/mol. The Hall–Kier alpha value is -2.21. The van der Waals surface area contributed by atoms with E-state index in [0.717, 1.165) is 43.9 Å². The lowest BCUT2D eigenvalue weighted by Gasteiger charge is -2.29. The van der Waals surface area contributed by atoms with Crippen molar-refractivity contribution in [1.29, 1.82) is 0 Å². The number of aryl methyl sites for hydroxylation is 1. The van der Waals surface area contributed by atoms with Gasteiger partial charge in [-0.2, -0.15) is 0 Å². The van der Waals surface area contributed by atoms with Crippen molar-refractivity contribution in [1.82, 2.24) is 15.1 Å². The van der Waals surface area contributed by atoms with Crippen LogP contribution in [0.15, 0.2) is 28.7 Å². The third kappa shape index (κ3) is 5.64. The van der Waals surface area contributed by atoms with E-state index >= 15 is 0 Å². The maximum absolute atomic E-state index is 12.4. The number of benzene rings is 1. The minimum atomic E-state index is 0.0413. The summed E-state index contributed by atoms with van der Waals surface area (Å²) in [7, 11) is 0. The zero-order valence-corrected chi connectivity index (χ0v) is 17.3. The highest BCUT2D eigenvalue weighted by atomic mass is 16.4. The molecule has 1 N–H and O–H groups in total. The van der Waals surface area contributed by atoms with E-state index in [-0.39, 0.29) is 11.8 Å². The van der Waals surface area contributed by atoms with Crippen LogP contribution in [0.3, 0.4) is 0 Å². The Morgan fingerprint density at radius 3 is 2.54 bits per heavy atom. The molecule has 2 heterocycles. The van der Waals surface area contributed by atoms with Crippen molar-refractivity contribution in [3.05, 3.63) is 41.6 Å². The number of nitrogens with one attached hydrogen (secondary N) is 1. The van der Waals surface area contributed by atoms with Crippen LogP contribution >= 0.6 is 0 Å². The number of hydrogen-bond donors (Lipinski definition) is 1. The molecule has 1 aliphatic rings. The lowest BCUT2D eigenvalue weighted by molar-refractivity contribution is -0.117. The highest BCUT2D eigenvalue weighted by Crippen LogP contribution is 2.28. The van der Waals surface area contributed by atoms with E-state index in [1.165, 1.54) is 18.4 Å². The normalized spacial score (nSPS) is 15.9. The maximum Gasteiger partial charge on any atom is 0.238 e. The molecular weight excluding hydrogens is 352 g/mol. The fraction of sp³-hybridized carbons (Fsp3) is 0.591. The van der Waals surface area contributed by atoms with Crippen LogP contribution in [-0.2, 0) is 11.2 Å². The molecule has 1 amide bonds. The Kier molecular flexibility index (Phi) is 7.20. The van der Waals surface area contributed by atoms with Crippen molar-refractivity contribution in [2.75, 3.05) is 25.0 Å². The molecular formula is C22H32N4O2. The van der Waals surface area contributed by atoms with E-state index in [0.29, 0.717) is 18.4 Å². The first-order valence-corrected chi connectivity index (χ1v) is 10.5. The average Bonchev–Trinajstić information content (AvgIpc) is 3.18. The number of piperidine rings is 1. The molecule has 1 aliphatic heterocycles. The van der Waals surface area contributed by atoms with Gasteiger partial charge in [0.05, 0.1) is 6.54 Å². The highest BCUT2D eigenvalue weighted by molar-refractivity contribution is 5.92. The molecule has 1 aromatic carbocycles. The number of hydrogen-bond acceptors (Lipinski definition) is 5. The molecule has 6 heteroatoms. The van der Waals surface area contributed by atoms with Crippen LogP contribution in [0.5, 0.6) is 0 Å². The Labute approximate surface area is 167 Å². The second-order valence-electron chi connectivity index (χ2n) is 8.03. The summed E-state index contributed by atoms with van der Waals surface area (Å²) in [6.07, 6.45) is 5.38. The molecule has 0 saturated carbocycles. The van der Waals surface area contributed by atoms with Crippen LogP contribution < -0.4 is 5.32 Å². The van der Waals surface area contributed by atoms with Crippen molar-refractivity contribution >= 4 is 11.6 Å². The van der Waals surface area contributed by atoms with Gasteiger partial charge in [-0.25, -0.2) is 0 Å². The Morgan fingerprint density at radius 1 is 1.21 bits per heavy atom. The molecule has 2 aromatic rings. The second kappa shape index (κ2) is 9.82. The summed E-state index contributed by atoms with van der Waals surface area (Å²) in [6.45, 7) is 8.46. The summed E-state index contributed by atoms with van der Waals surface area (Å²) in [6, 6.07) is 8.20. The molecule has 1 saturated heterocycles. The van der Waals surface area contributed by atoms with E-state index in [1.807, 2.05) is 12.1 Å². The van der Waals surface area contributed by atoms with Crippen LogP contribution in [0.1, 0.15) is 75.6 Å². The molecule has 0 aliphatic carbocycles. The van der Waals surface area contributed by atoms with E-state index in [1.54, 1.807) is 0 Å². The molecule has 28 heavy (non-hydrogen) atoms. The highest BCUT2D eigenvalue weighted by Gasteiger charge is 2.26. The van der Waals surface area contributed by atoms with Gasteiger partial charge in [-0.05, 0) is 56.5 Å². The van der Waals surface area contributed by atoms with Gasteiger partial charge in [0.15, 0.2) is 0 Å². The fourth-order valence-electron chi connectivity index (χ4n) is 3.52. The third-order valence-electron chi connectivity index (χ3n) is 5.31. The Bertz CT molecular complexity index is 746. The second-order valence-corrected chi connectivity index (χ2v) is 8.03. The number of nitrogens with zero attached hydrogens (tertiary/aromatic N) is 3. The summed E-state index contributed by atoms with van der Waals surface area (Å²) in [4.78, 5) is 14.6. The number of carbonyl (C=O) groups is 1. The van der Waals surface area contributed by atoms with Gasteiger partial charge in [0, 0.05) is 17.5 Å². The van der Waals surface area contributed by atoms with E-state index in [2.05, 4.69) is 53.3 Å². The minimum absolute atomic E-state index is 0.0413. The zero-order valence-electron chi connectivity index (χ0n) is 17.3. The fourth-order valence-corrected chi connectivity index (χ4v) is 3.52. The number of unbranched alkanes of at least 4 members (excludes halogenated alkanes) is 1. The SMILES string of the molecule is CCCCc1ccc(NC(=O)CN2CCC(c3nnc(C(C)C)o3)CC2)cc1. The summed E-state index contributed by atoms with van der Waals surface area (Å²) >= 11 is 0. The molecule has 0 atom stereocenters. The van der Waals surface area contributed by atoms with Crippen LogP contribution in [0.4, 0.5) is 5.69 Å². The molecule has 3 rings (SSSR count). The average molecular weight is 385 g/mol. The first-order valence-electron chi connectivity index (χ1n) is 10.5. The summed E-state index contributed by atoms with van der Waals surface area (Å²) in [5, 5.41) is 11.4. The quantitative estimate of drug-likeness (QED) is 0.732. The molecule has 152 valence electrons. The number of anilines is 1. The number of aromatic nitrogens is 2. The van der Waals surface area contributed by atoms with Crippen LogP contribution in [0, 0.1) is 0 Å². The number of likely N-dealkylation sites (tertiary alicyclic amines) is 1. The third-order valence-corrected chi connectivity index (χ3v) is 5.31. The van der Waals surface area contributed by atoms with Gasteiger partial charge in [-0.15, -0.1) is 10.2 Å². The van der Waals surface area contributed by atoms with E-state index in [9.17, 15) is 4.79 Å². The molecule has 0 radical (unpaired) electrons. The van der Waals surface area contributed by atoms with Gasteiger partial charge >= 0.3 is 0 Å². The molecule has 1 aromatic heterocycles. The summed E-state index contributed by atoms with van der Waals surface area (Å²) in [5.41, 5.74) is 2.19. The van der Waals surface area contributed by atoms with Crippen LogP contribution in [0.25, 0.3) is 0 Å². The van der Waals surface area contributed by atoms with E-state index in [4.69, 9.17) is 4.42 Å². The largest absolute Gasteiger partial charge is 0.425 e. The molecule has 6 nitrogen and oxygen atoms in total. The first kappa shape index (κ1) is 20.5. The number of carbonyl (C=O) groups excluding carboxylic acids is 1. The first-order chi connectivity index (χ1) is 13.5. The van der Waals surface area contributed by atoms with Gasteiger partial charge in [-0.1, -0.05) is 39.3 Å². The number of rotatable bonds is 8. The van der Waals surface area contributed by atoms with Crippen molar-refractivity contribution in [3.8, 4) is 0 Å².